The van der Waals surface area contributed by atoms with Crippen molar-refractivity contribution in [2.24, 2.45) is 0 Å². The first-order chi connectivity index (χ1) is 22.3. The van der Waals surface area contributed by atoms with Gasteiger partial charge in [-0.3, -0.25) is 14.9 Å². The van der Waals surface area contributed by atoms with Gasteiger partial charge in [0.15, 0.2) is 0 Å². The monoisotopic (exact) mass is 675 g/mol. The summed E-state index contributed by atoms with van der Waals surface area (Å²) in [7, 11) is 0. The zero-order chi connectivity index (χ0) is 31.9. The van der Waals surface area contributed by atoms with Gasteiger partial charge >= 0.3 is 6.03 Å². The molecule has 0 saturated carbocycles. The summed E-state index contributed by atoms with van der Waals surface area (Å²) in [6.45, 7) is 5.74. The van der Waals surface area contributed by atoms with Crippen LogP contribution in [0.2, 0.25) is 0 Å². The Balaban J connectivity index is 1.35. The molecule has 232 valence electrons. The van der Waals surface area contributed by atoms with Gasteiger partial charge in [0, 0.05) is 30.6 Å². The van der Waals surface area contributed by atoms with Gasteiger partial charge in [-0.15, -0.1) is 0 Å². The molecule has 4 aromatic carbocycles. The predicted molar refractivity (Wildman–Crippen MR) is 183 cm³/mol. The van der Waals surface area contributed by atoms with E-state index in [2.05, 4.69) is 74.7 Å². The summed E-state index contributed by atoms with van der Waals surface area (Å²) >= 11 is 3.53. The zero-order valence-corrected chi connectivity index (χ0v) is 27.3. The van der Waals surface area contributed by atoms with Crippen LogP contribution in [0.15, 0.2) is 101 Å². The molecular weight excluding hydrogens is 642 g/mol. The van der Waals surface area contributed by atoms with Crippen molar-refractivity contribution >= 4 is 51.2 Å². The molecule has 4 aromatic rings. The van der Waals surface area contributed by atoms with Gasteiger partial charge in [0.2, 0.25) is 0 Å². The SMILES string of the molecule is CC(C)Oc1ccc(/C=C2\C(=O)NC(=O)N(c3cc4c5c(c3)[C@@H](c3ccccc3)CCN5CC[C@@H]4c3ccccc3)C2=O)cc1Br. The molecule has 0 aliphatic carbocycles. The zero-order valence-electron chi connectivity index (χ0n) is 25.7. The largest absolute Gasteiger partial charge is 0.490 e. The van der Waals surface area contributed by atoms with Crippen molar-refractivity contribution in [3.8, 4) is 5.75 Å². The molecule has 0 aromatic heterocycles. The van der Waals surface area contributed by atoms with Crippen LogP contribution in [0.4, 0.5) is 16.2 Å². The maximum absolute atomic E-state index is 14.1. The molecule has 7 nitrogen and oxygen atoms in total. The lowest BCUT2D eigenvalue weighted by molar-refractivity contribution is -0.122. The summed E-state index contributed by atoms with van der Waals surface area (Å²) in [5.41, 5.74) is 6.75. The number of nitrogens with zero attached hydrogens (tertiary/aromatic N) is 2. The third kappa shape index (κ3) is 5.51. The number of amides is 4. The van der Waals surface area contributed by atoms with Crippen LogP contribution in [0.5, 0.6) is 5.75 Å². The van der Waals surface area contributed by atoms with E-state index in [9.17, 15) is 14.4 Å². The van der Waals surface area contributed by atoms with Crippen LogP contribution in [0.1, 0.15) is 66.3 Å². The van der Waals surface area contributed by atoms with Crippen LogP contribution in [0, 0.1) is 0 Å². The number of carbonyl (C=O) groups excluding carboxylic acids is 3. The Morgan fingerprint density at radius 1 is 0.826 bits per heavy atom. The molecule has 1 N–H and O–H groups in total. The second-order valence-corrected chi connectivity index (χ2v) is 13.1. The average molecular weight is 677 g/mol. The van der Waals surface area contributed by atoms with E-state index < -0.39 is 17.8 Å². The molecule has 8 heteroatoms. The highest BCUT2D eigenvalue weighted by Gasteiger charge is 2.40. The first kappa shape index (κ1) is 30.0. The van der Waals surface area contributed by atoms with Gasteiger partial charge in [0.25, 0.3) is 11.8 Å². The van der Waals surface area contributed by atoms with Gasteiger partial charge in [-0.25, -0.2) is 9.69 Å². The first-order valence-electron chi connectivity index (χ1n) is 15.7. The first-order valence-corrected chi connectivity index (χ1v) is 16.5. The number of anilines is 2. The van der Waals surface area contributed by atoms with Gasteiger partial charge in [0.05, 0.1) is 16.3 Å². The van der Waals surface area contributed by atoms with Gasteiger partial charge < -0.3 is 9.64 Å². The quantitative estimate of drug-likeness (QED) is 0.167. The van der Waals surface area contributed by atoms with Crippen molar-refractivity contribution in [1.29, 1.82) is 0 Å². The molecule has 1 fully saturated rings. The normalized spacial score (nSPS) is 20.2. The number of carbonyl (C=O) groups is 3. The Morgan fingerprint density at radius 3 is 1.96 bits per heavy atom. The van der Waals surface area contributed by atoms with Crippen molar-refractivity contribution < 1.29 is 19.1 Å². The highest BCUT2D eigenvalue weighted by Crippen LogP contribution is 2.50. The van der Waals surface area contributed by atoms with Crippen molar-refractivity contribution in [3.05, 3.63) is 129 Å². The van der Waals surface area contributed by atoms with E-state index in [-0.39, 0.29) is 23.5 Å². The topological polar surface area (TPSA) is 79.0 Å². The lowest BCUT2D eigenvalue weighted by Crippen LogP contribution is -2.54. The van der Waals surface area contributed by atoms with Crippen molar-refractivity contribution in [2.75, 3.05) is 22.9 Å². The van der Waals surface area contributed by atoms with Gasteiger partial charge in [-0.1, -0.05) is 66.7 Å². The molecule has 3 aliphatic heterocycles. The van der Waals surface area contributed by atoms with Crippen LogP contribution in [-0.2, 0) is 9.59 Å². The smallest absolute Gasteiger partial charge is 0.335 e. The van der Waals surface area contributed by atoms with Crippen LogP contribution in [0.3, 0.4) is 0 Å². The summed E-state index contributed by atoms with van der Waals surface area (Å²) in [6.07, 6.45) is 3.35. The minimum absolute atomic E-state index is 0.0114. The van der Waals surface area contributed by atoms with Crippen molar-refractivity contribution in [2.45, 2.75) is 44.6 Å². The van der Waals surface area contributed by atoms with Gasteiger partial charge in [-0.2, -0.15) is 0 Å². The number of benzene rings is 4. The van der Waals surface area contributed by atoms with E-state index in [0.29, 0.717) is 21.5 Å². The molecule has 0 spiro atoms. The van der Waals surface area contributed by atoms with E-state index in [4.69, 9.17) is 4.74 Å². The number of urea groups is 1. The standard InChI is InChI=1S/C38H34BrN3O4/c1-23(2)46-34-14-13-24(20-33(34)39)19-32-36(43)40-38(45)42(37(32)44)27-21-30-28(25-9-5-3-6-10-25)15-17-41-18-16-29(31(22-27)35(30)41)26-11-7-4-8-12-26/h3-14,19-23,28-29H,15-18H2,1-2H3,(H,40,43,45)/b32-19+/t28-,29-/m1/s1. The second kappa shape index (κ2) is 12.2. The van der Waals surface area contributed by atoms with Gasteiger partial charge in [0.1, 0.15) is 11.3 Å². The van der Waals surface area contributed by atoms with E-state index in [1.54, 1.807) is 18.2 Å². The molecule has 7 rings (SSSR count). The molecule has 4 amide bonds. The Kier molecular flexibility index (Phi) is 7.99. The second-order valence-electron chi connectivity index (χ2n) is 12.3. The minimum atomic E-state index is -0.753. The summed E-state index contributed by atoms with van der Waals surface area (Å²) in [6, 6.07) is 29.4. The summed E-state index contributed by atoms with van der Waals surface area (Å²) in [5, 5.41) is 2.42. The fourth-order valence-electron chi connectivity index (χ4n) is 6.98. The Hall–Kier alpha value is -4.69. The summed E-state index contributed by atoms with van der Waals surface area (Å²) in [4.78, 5) is 44.3. The fraction of sp³-hybridized carbons (Fsp3) is 0.237. The minimum Gasteiger partial charge on any atom is -0.490 e. The highest BCUT2D eigenvalue weighted by molar-refractivity contribution is 9.10. The number of hydrogen-bond donors (Lipinski definition) is 1. The van der Waals surface area contributed by atoms with E-state index in [0.717, 1.165) is 42.0 Å². The lowest BCUT2D eigenvalue weighted by Gasteiger charge is -2.44. The molecule has 2 atom stereocenters. The van der Waals surface area contributed by atoms with Gasteiger partial charge in [-0.05, 0) is 101 Å². The molecular formula is C38H34BrN3O4. The lowest BCUT2D eigenvalue weighted by atomic mass is 9.76. The molecule has 0 radical (unpaired) electrons. The number of imide groups is 2. The van der Waals surface area contributed by atoms with Crippen LogP contribution in [0.25, 0.3) is 6.08 Å². The molecule has 3 aliphatic rings. The third-order valence-electron chi connectivity index (χ3n) is 8.99. The number of nitrogens with one attached hydrogen (secondary N) is 1. The number of halogens is 1. The molecule has 0 bridgehead atoms. The molecule has 3 heterocycles. The average Bonchev–Trinajstić information content (AvgIpc) is 3.05. The molecule has 0 unspecified atom stereocenters. The predicted octanol–water partition coefficient (Wildman–Crippen LogP) is 7.78. The number of barbiturate groups is 1. The van der Waals surface area contributed by atoms with E-state index in [1.807, 2.05) is 38.1 Å². The van der Waals surface area contributed by atoms with E-state index >= 15 is 0 Å². The van der Waals surface area contributed by atoms with Crippen LogP contribution in [-0.4, -0.2) is 37.0 Å². The third-order valence-corrected chi connectivity index (χ3v) is 9.61. The maximum atomic E-state index is 14.1. The number of ether oxygens (including phenoxy) is 1. The number of hydrogen-bond acceptors (Lipinski definition) is 5. The summed E-state index contributed by atoms with van der Waals surface area (Å²) in [5.74, 6) is -0.519. The Labute approximate surface area is 277 Å². The van der Waals surface area contributed by atoms with Crippen molar-refractivity contribution in [1.82, 2.24) is 5.32 Å². The van der Waals surface area contributed by atoms with Crippen LogP contribution < -0.4 is 19.9 Å². The highest BCUT2D eigenvalue weighted by atomic mass is 79.9. The van der Waals surface area contributed by atoms with Crippen LogP contribution >= 0.6 is 15.9 Å². The molecule has 46 heavy (non-hydrogen) atoms. The number of rotatable bonds is 6. The Morgan fingerprint density at radius 2 is 1.41 bits per heavy atom. The summed E-state index contributed by atoms with van der Waals surface area (Å²) < 4.78 is 6.51. The fourth-order valence-corrected chi connectivity index (χ4v) is 7.47. The molecule has 1 saturated heterocycles. The maximum Gasteiger partial charge on any atom is 0.335 e. The Bertz CT molecular complexity index is 1800. The van der Waals surface area contributed by atoms with E-state index in [1.165, 1.54) is 22.9 Å². The van der Waals surface area contributed by atoms with Crippen molar-refractivity contribution in [3.63, 3.8) is 0 Å².